The zero-order chi connectivity index (χ0) is 25.7. The lowest BCUT2D eigenvalue weighted by Gasteiger charge is -2.29. The van der Waals surface area contributed by atoms with Crippen molar-refractivity contribution in [1.82, 2.24) is 16.0 Å². The van der Waals surface area contributed by atoms with E-state index in [4.69, 9.17) is 4.74 Å². The molecular formula is C25H39N3O5S. The summed E-state index contributed by atoms with van der Waals surface area (Å²) >= 11 is 1.56. The molecule has 0 radical (unpaired) electrons. The molecule has 0 saturated heterocycles. The number of ether oxygens (including phenoxy) is 1. The fourth-order valence-electron chi connectivity index (χ4n) is 3.24. The van der Waals surface area contributed by atoms with Crippen molar-refractivity contribution in [2.24, 2.45) is 5.92 Å². The highest BCUT2D eigenvalue weighted by molar-refractivity contribution is 7.98. The summed E-state index contributed by atoms with van der Waals surface area (Å²) in [6.45, 7) is 9.07. The van der Waals surface area contributed by atoms with Crippen molar-refractivity contribution in [3.63, 3.8) is 0 Å². The number of rotatable bonds is 14. The van der Waals surface area contributed by atoms with Crippen LogP contribution in [0.5, 0.6) is 0 Å². The lowest BCUT2D eigenvalue weighted by atomic mass is 9.96. The molecule has 4 unspecified atom stereocenters. The third kappa shape index (κ3) is 10.6. The van der Waals surface area contributed by atoms with Gasteiger partial charge in [-0.15, -0.1) is 0 Å². The second kappa shape index (κ2) is 14.7. The van der Waals surface area contributed by atoms with Gasteiger partial charge in [0.2, 0.25) is 18.2 Å². The van der Waals surface area contributed by atoms with E-state index in [0.29, 0.717) is 25.0 Å². The van der Waals surface area contributed by atoms with Gasteiger partial charge in [-0.25, -0.2) is 4.79 Å². The van der Waals surface area contributed by atoms with Gasteiger partial charge in [-0.3, -0.25) is 14.4 Å². The Morgan fingerprint density at radius 3 is 2.24 bits per heavy atom. The quantitative estimate of drug-likeness (QED) is 0.271. The smallest absolute Gasteiger partial charge is 0.329 e. The zero-order valence-corrected chi connectivity index (χ0v) is 21.9. The van der Waals surface area contributed by atoms with Crippen LogP contribution in [0.25, 0.3) is 0 Å². The Morgan fingerprint density at radius 1 is 1.06 bits per heavy atom. The predicted molar refractivity (Wildman–Crippen MR) is 135 cm³/mol. The second-order valence-electron chi connectivity index (χ2n) is 9.27. The fourth-order valence-corrected chi connectivity index (χ4v) is 3.71. The summed E-state index contributed by atoms with van der Waals surface area (Å²) in [7, 11) is 0. The van der Waals surface area contributed by atoms with Crippen LogP contribution >= 0.6 is 11.8 Å². The first-order chi connectivity index (χ1) is 16.0. The fraction of sp³-hybridized carbons (Fsp3) is 0.600. The number of hydrogen-bond donors (Lipinski definition) is 3. The van der Waals surface area contributed by atoms with Gasteiger partial charge in [0.1, 0.15) is 23.7 Å². The van der Waals surface area contributed by atoms with E-state index in [0.717, 1.165) is 5.56 Å². The third-order valence-electron chi connectivity index (χ3n) is 5.28. The molecule has 0 aliphatic heterocycles. The Hall–Kier alpha value is -2.55. The molecule has 1 aromatic carbocycles. The van der Waals surface area contributed by atoms with Gasteiger partial charge in [-0.2, -0.15) is 11.8 Å². The van der Waals surface area contributed by atoms with Crippen molar-refractivity contribution < 1.29 is 23.9 Å². The van der Waals surface area contributed by atoms with Crippen molar-refractivity contribution in [2.75, 3.05) is 12.0 Å². The van der Waals surface area contributed by atoms with Gasteiger partial charge < -0.3 is 20.7 Å². The number of carbonyl (C=O) groups excluding carboxylic acids is 4. The number of hydrogen-bond acceptors (Lipinski definition) is 6. The van der Waals surface area contributed by atoms with Crippen molar-refractivity contribution in [1.29, 1.82) is 0 Å². The minimum absolute atomic E-state index is 0.197. The van der Waals surface area contributed by atoms with Gasteiger partial charge in [0.15, 0.2) is 0 Å². The van der Waals surface area contributed by atoms with Gasteiger partial charge in [0.25, 0.3) is 0 Å². The van der Waals surface area contributed by atoms with Gasteiger partial charge in [0, 0.05) is 6.42 Å². The molecule has 0 fully saturated rings. The number of amides is 3. The van der Waals surface area contributed by atoms with E-state index in [1.807, 2.05) is 50.4 Å². The van der Waals surface area contributed by atoms with Crippen molar-refractivity contribution >= 4 is 36.0 Å². The standard InChI is InChI=1S/C25H39N3O5S/c1-7-17(2)21(28-22(30)19(26-16-29)13-14-34-6)23(31)27-20(24(32)33-25(3,4)5)15-18-11-9-8-10-12-18/h8-12,16-17,19-21H,7,13-15H2,1-6H3,(H,26,29)(H,27,31)(H,28,30). The molecular weight excluding hydrogens is 454 g/mol. The zero-order valence-electron chi connectivity index (χ0n) is 21.1. The lowest BCUT2D eigenvalue weighted by molar-refractivity contribution is -0.158. The molecule has 0 saturated carbocycles. The maximum Gasteiger partial charge on any atom is 0.329 e. The van der Waals surface area contributed by atoms with Crippen molar-refractivity contribution in [2.45, 2.75) is 77.6 Å². The molecule has 0 aliphatic carbocycles. The van der Waals surface area contributed by atoms with E-state index in [2.05, 4.69) is 16.0 Å². The SMILES string of the molecule is CCC(C)C(NC(=O)C(CCSC)NC=O)C(=O)NC(Cc1ccccc1)C(=O)OC(C)(C)C. The van der Waals surface area contributed by atoms with Crippen LogP contribution in [0.3, 0.4) is 0 Å². The van der Waals surface area contributed by atoms with Crippen LogP contribution in [0.2, 0.25) is 0 Å². The molecule has 34 heavy (non-hydrogen) atoms. The summed E-state index contributed by atoms with van der Waals surface area (Å²) in [5.74, 6) is -0.962. The van der Waals surface area contributed by atoms with E-state index in [1.165, 1.54) is 0 Å². The lowest BCUT2D eigenvalue weighted by Crippen LogP contribution is -2.57. The average molecular weight is 494 g/mol. The Kier molecular flexibility index (Phi) is 12.7. The number of carbonyl (C=O) groups is 4. The summed E-state index contributed by atoms with van der Waals surface area (Å²) in [6, 6.07) is 6.81. The average Bonchev–Trinajstić information content (AvgIpc) is 2.78. The van der Waals surface area contributed by atoms with E-state index < -0.39 is 41.5 Å². The minimum atomic E-state index is -0.919. The second-order valence-corrected chi connectivity index (χ2v) is 10.3. The molecule has 9 heteroatoms. The van der Waals surface area contributed by atoms with Gasteiger partial charge >= 0.3 is 5.97 Å². The number of esters is 1. The molecule has 0 bridgehead atoms. The molecule has 4 atom stereocenters. The van der Waals surface area contributed by atoms with Crippen LogP contribution in [-0.2, 0) is 30.3 Å². The highest BCUT2D eigenvalue weighted by Gasteiger charge is 2.33. The summed E-state index contributed by atoms with van der Waals surface area (Å²) in [4.78, 5) is 50.1. The molecule has 0 spiro atoms. The summed E-state index contributed by atoms with van der Waals surface area (Å²) in [5.41, 5.74) is 0.154. The first kappa shape index (κ1) is 29.5. The molecule has 8 nitrogen and oxygen atoms in total. The number of thioether (sulfide) groups is 1. The van der Waals surface area contributed by atoms with Crippen molar-refractivity contribution in [3.05, 3.63) is 35.9 Å². The van der Waals surface area contributed by atoms with Crippen LogP contribution in [0.4, 0.5) is 0 Å². The molecule has 3 amide bonds. The summed E-state index contributed by atoms with van der Waals surface area (Å²) in [6.07, 6.45) is 3.72. The highest BCUT2D eigenvalue weighted by atomic mass is 32.2. The van der Waals surface area contributed by atoms with E-state index in [1.54, 1.807) is 32.5 Å². The first-order valence-electron chi connectivity index (χ1n) is 11.6. The molecule has 190 valence electrons. The summed E-state index contributed by atoms with van der Waals surface area (Å²) < 4.78 is 5.54. The monoisotopic (exact) mass is 493 g/mol. The van der Waals surface area contributed by atoms with Gasteiger partial charge in [0.05, 0.1) is 0 Å². The predicted octanol–water partition coefficient (Wildman–Crippen LogP) is 2.45. The number of benzene rings is 1. The van der Waals surface area contributed by atoms with E-state index >= 15 is 0 Å². The normalized spacial score (nSPS) is 14.8. The van der Waals surface area contributed by atoms with E-state index in [9.17, 15) is 19.2 Å². The van der Waals surface area contributed by atoms with E-state index in [-0.39, 0.29) is 12.3 Å². The minimum Gasteiger partial charge on any atom is -0.458 e. The van der Waals surface area contributed by atoms with Crippen LogP contribution in [0.1, 0.15) is 53.0 Å². The maximum atomic E-state index is 13.3. The van der Waals surface area contributed by atoms with Gasteiger partial charge in [-0.05, 0) is 50.7 Å². The Morgan fingerprint density at radius 2 is 1.71 bits per heavy atom. The van der Waals surface area contributed by atoms with Crippen LogP contribution < -0.4 is 16.0 Å². The Balaban J connectivity index is 3.08. The molecule has 0 aliphatic rings. The van der Waals surface area contributed by atoms with Crippen LogP contribution in [-0.4, -0.2) is 59.9 Å². The molecule has 1 rings (SSSR count). The Labute approximate surface area is 207 Å². The molecule has 1 aromatic rings. The van der Waals surface area contributed by atoms with Crippen LogP contribution in [0, 0.1) is 5.92 Å². The highest BCUT2D eigenvalue weighted by Crippen LogP contribution is 2.14. The third-order valence-corrected chi connectivity index (χ3v) is 5.92. The molecule has 0 aromatic heterocycles. The van der Waals surface area contributed by atoms with Gasteiger partial charge in [-0.1, -0.05) is 50.6 Å². The number of nitrogens with one attached hydrogen (secondary N) is 3. The Bertz CT molecular complexity index is 797. The van der Waals surface area contributed by atoms with Crippen molar-refractivity contribution in [3.8, 4) is 0 Å². The largest absolute Gasteiger partial charge is 0.458 e. The summed E-state index contributed by atoms with van der Waals surface area (Å²) in [5, 5.41) is 8.11. The first-order valence-corrected chi connectivity index (χ1v) is 13.0. The van der Waals surface area contributed by atoms with Crippen LogP contribution in [0.15, 0.2) is 30.3 Å². The topological polar surface area (TPSA) is 114 Å². The molecule has 0 heterocycles. The molecule has 3 N–H and O–H groups in total. The maximum absolute atomic E-state index is 13.3.